The van der Waals surface area contributed by atoms with Gasteiger partial charge in [0.2, 0.25) is 0 Å². The molecule has 0 spiro atoms. The van der Waals surface area contributed by atoms with Crippen LogP contribution < -0.4 is 4.74 Å². The normalized spacial score (nSPS) is 10.5. The second kappa shape index (κ2) is 4.49. The lowest BCUT2D eigenvalue weighted by Crippen LogP contribution is -2.05. The number of rotatable bonds is 3. The third-order valence-corrected chi connectivity index (χ3v) is 1.84. The van der Waals surface area contributed by atoms with Crippen molar-refractivity contribution in [3.8, 4) is 5.75 Å². The lowest BCUT2D eigenvalue weighted by Gasteiger charge is -2.11. The number of aliphatic hydroxyl groups is 1. The van der Waals surface area contributed by atoms with Crippen LogP contribution in [0.3, 0.4) is 0 Å². The van der Waals surface area contributed by atoms with Crippen molar-refractivity contribution in [2.75, 3.05) is 0 Å². The van der Waals surface area contributed by atoms with E-state index in [9.17, 15) is 0 Å². The lowest BCUT2D eigenvalue weighted by molar-refractivity contribution is 0.242. The highest BCUT2D eigenvalue weighted by molar-refractivity contribution is 6.32. The first kappa shape index (κ1) is 10.4. The van der Waals surface area contributed by atoms with Gasteiger partial charge in [-0.15, -0.1) is 0 Å². The molecule has 0 saturated heterocycles. The van der Waals surface area contributed by atoms with Crippen LogP contribution in [-0.2, 0) is 6.61 Å². The summed E-state index contributed by atoms with van der Waals surface area (Å²) in [4.78, 5) is 0. The summed E-state index contributed by atoms with van der Waals surface area (Å²) in [6.07, 6.45) is 0.109. The Kier molecular flexibility index (Phi) is 3.58. The van der Waals surface area contributed by atoms with Gasteiger partial charge in [-0.25, -0.2) is 0 Å². The van der Waals surface area contributed by atoms with E-state index in [-0.39, 0.29) is 12.7 Å². The molecule has 0 aliphatic rings. The third kappa shape index (κ3) is 2.90. The molecule has 0 aliphatic heterocycles. The summed E-state index contributed by atoms with van der Waals surface area (Å²) in [5.74, 6) is 0.661. The van der Waals surface area contributed by atoms with Gasteiger partial charge in [0.05, 0.1) is 17.7 Å². The van der Waals surface area contributed by atoms with Crippen LogP contribution in [0.25, 0.3) is 0 Å². The van der Waals surface area contributed by atoms with E-state index in [0.717, 1.165) is 5.56 Å². The minimum atomic E-state index is 0.00167. The molecule has 3 heteroatoms. The van der Waals surface area contributed by atoms with E-state index in [2.05, 4.69) is 0 Å². The molecule has 1 rings (SSSR count). The standard InChI is InChI=1S/C10H13ClO2/c1-7(2)13-10-4-3-8(6-12)5-9(10)11/h3-5,7,12H,6H2,1-2H3. The van der Waals surface area contributed by atoms with Gasteiger partial charge < -0.3 is 9.84 Å². The van der Waals surface area contributed by atoms with E-state index in [4.69, 9.17) is 21.4 Å². The van der Waals surface area contributed by atoms with E-state index in [1.54, 1.807) is 18.2 Å². The third-order valence-electron chi connectivity index (χ3n) is 1.54. The van der Waals surface area contributed by atoms with Gasteiger partial charge in [-0.1, -0.05) is 17.7 Å². The lowest BCUT2D eigenvalue weighted by atomic mass is 10.2. The van der Waals surface area contributed by atoms with Crippen LogP contribution in [0.15, 0.2) is 18.2 Å². The second-order valence-electron chi connectivity index (χ2n) is 3.09. The van der Waals surface area contributed by atoms with Gasteiger partial charge in [0.25, 0.3) is 0 Å². The van der Waals surface area contributed by atoms with E-state index < -0.39 is 0 Å². The Bertz CT molecular complexity index is 284. The molecule has 1 N–H and O–H groups in total. The number of halogens is 1. The molecule has 0 heterocycles. The number of hydrogen-bond acceptors (Lipinski definition) is 2. The van der Waals surface area contributed by atoms with Crippen molar-refractivity contribution < 1.29 is 9.84 Å². The maximum Gasteiger partial charge on any atom is 0.138 e. The van der Waals surface area contributed by atoms with Crippen LogP contribution in [-0.4, -0.2) is 11.2 Å². The summed E-state index contributed by atoms with van der Waals surface area (Å²) in [6, 6.07) is 5.27. The van der Waals surface area contributed by atoms with E-state index >= 15 is 0 Å². The minimum absolute atomic E-state index is 0.00167. The predicted molar refractivity (Wildman–Crippen MR) is 53.1 cm³/mol. The molecule has 0 unspecified atom stereocenters. The molecular weight excluding hydrogens is 188 g/mol. The minimum Gasteiger partial charge on any atom is -0.489 e. The van der Waals surface area contributed by atoms with Gasteiger partial charge in [0.1, 0.15) is 5.75 Å². The van der Waals surface area contributed by atoms with Crippen LogP contribution in [0.5, 0.6) is 5.75 Å². The van der Waals surface area contributed by atoms with E-state index in [1.807, 2.05) is 13.8 Å². The van der Waals surface area contributed by atoms with Gasteiger partial charge in [-0.3, -0.25) is 0 Å². The Morgan fingerprint density at radius 1 is 1.46 bits per heavy atom. The Hall–Kier alpha value is -0.730. The molecule has 1 aromatic carbocycles. The fourth-order valence-electron chi connectivity index (χ4n) is 0.992. The van der Waals surface area contributed by atoms with Gasteiger partial charge >= 0.3 is 0 Å². The summed E-state index contributed by atoms with van der Waals surface area (Å²) in [5.41, 5.74) is 0.793. The number of ether oxygens (including phenoxy) is 1. The van der Waals surface area contributed by atoms with Crippen molar-refractivity contribution in [3.05, 3.63) is 28.8 Å². The van der Waals surface area contributed by atoms with Crippen molar-refractivity contribution in [1.29, 1.82) is 0 Å². The molecule has 72 valence electrons. The molecule has 0 aliphatic carbocycles. The smallest absolute Gasteiger partial charge is 0.138 e. The topological polar surface area (TPSA) is 29.5 Å². The average Bonchev–Trinajstić information content (AvgIpc) is 2.08. The van der Waals surface area contributed by atoms with E-state index in [0.29, 0.717) is 10.8 Å². The van der Waals surface area contributed by atoms with Gasteiger partial charge in [-0.2, -0.15) is 0 Å². The largest absolute Gasteiger partial charge is 0.489 e. The van der Waals surface area contributed by atoms with Gasteiger partial charge in [-0.05, 0) is 31.5 Å². The predicted octanol–water partition coefficient (Wildman–Crippen LogP) is 2.62. The molecule has 0 amide bonds. The highest BCUT2D eigenvalue weighted by Gasteiger charge is 2.03. The summed E-state index contributed by atoms with van der Waals surface area (Å²) < 4.78 is 5.43. The molecule has 2 nitrogen and oxygen atoms in total. The number of hydrogen-bond donors (Lipinski definition) is 1. The van der Waals surface area contributed by atoms with Crippen molar-refractivity contribution in [1.82, 2.24) is 0 Å². The van der Waals surface area contributed by atoms with Crippen LogP contribution in [0.1, 0.15) is 19.4 Å². The Morgan fingerprint density at radius 2 is 2.15 bits per heavy atom. The first-order valence-electron chi connectivity index (χ1n) is 4.19. The Morgan fingerprint density at radius 3 is 2.62 bits per heavy atom. The highest BCUT2D eigenvalue weighted by atomic mass is 35.5. The van der Waals surface area contributed by atoms with Gasteiger partial charge in [0, 0.05) is 0 Å². The molecule has 0 saturated carbocycles. The monoisotopic (exact) mass is 200 g/mol. The fourth-order valence-corrected chi connectivity index (χ4v) is 1.24. The summed E-state index contributed by atoms with van der Waals surface area (Å²) in [7, 11) is 0. The molecule has 0 aromatic heterocycles. The molecule has 0 fully saturated rings. The second-order valence-corrected chi connectivity index (χ2v) is 3.50. The Labute approximate surface area is 83.1 Å². The molecule has 0 atom stereocenters. The zero-order valence-corrected chi connectivity index (χ0v) is 8.51. The Balaban J connectivity index is 2.85. The zero-order chi connectivity index (χ0) is 9.84. The molecule has 0 radical (unpaired) electrons. The van der Waals surface area contributed by atoms with Crippen LogP contribution >= 0.6 is 11.6 Å². The number of aliphatic hydroxyl groups excluding tert-OH is 1. The quantitative estimate of drug-likeness (QED) is 0.813. The van der Waals surface area contributed by atoms with Crippen molar-refractivity contribution >= 4 is 11.6 Å². The summed E-state index contributed by atoms with van der Waals surface area (Å²) in [6.45, 7) is 3.88. The fraction of sp³-hybridized carbons (Fsp3) is 0.400. The van der Waals surface area contributed by atoms with Crippen LogP contribution in [0.2, 0.25) is 5.02 Å². The summed E-state index contributed by atoms with van der Waals surface area (Å²) >= 11 is 5.92. The summed E-state index contributed by atoms with van der Waals surface area (Å²) in [5, 5.41) is 9.38. The molecule has 13 heavy (non-hydrogen) atoms. The van der Waals surface area contributed by atoms with Crippen molar-refractivity contribution in [3.63, 3.8) is 0 Å². The highest BCUT2D eigenvalue weighted by Crippen LogP contribution is 2.26. The first-order chi connectivity index (χ1) is 6.13. The van der Waals surface area contributed by atoms with E-state index in [1.165, 1.54) is 0 Å². The zero-order valence-electron chi connectivity index (χ0n) is 7.75. The first-order valence-corrected chi connectivity index (χ1v) is 4.57. The van der Waals surface area contributed by atoms with Crippen molar-refractivity contribution in [2.24, 2.45) is 0 Å². The molecule has 1 aromatic rings. The van der Waals surface area contributed by atoms with Crippen LogP contribution in [0.4, 0.5) is 0 Å². The average molecular weight is 201 g/mol. The SMILES string of the molecule is CC(C)Oc1ccc(CO)cc1Cl. The molecular formula is C10H13ClO2. The van der Waals surface area contributed by atoms with Crippen LogP contribution in [0, 0.1) is 0 Å². The maximum atomic E-state index is 8.84. The maximum absolute atomic E-state index is 8.84. The molecule has 0 bridgehead atoms. The van der Waals surface area contributed by atoms with Gasteiger partial charge in [0.15, 0.2) is 0 Å². The van der Waals surface area contributed by atoms with Crippen molar-refractivity contribution in [2.45, 2.75) is 26.6 Å². The number of benzene rings is 1.